The molecule has 2 aromatic carbocycles. The summed E-state index contributed by atoms with van der Waals surface area (Å²) in [6.45, 7) is 7.07. The summed E-state index contributed by atoms with van der Waals surface area (Å²) in [6, 6.07) is 18.4. The van der Waals surface area contributed by atoms with Crippen LogP contribution in [0, 0.1) is 12.8 Å². The van der Waals surface area contributed by atoms with Gasteiger partial charge in [-0.2, -0.15) is 0 Å². The van der Waals surface area contributed by atoms with E-state index in [1.165, 1.54) is 45.5 Å². The van der Waals surface area contributed by atoms with E-state index in [4.69, 9.17) is 0 Å². The van der Waals surface area contributed by atoms with Crippen molar-refractivity contribution in [3.05, 3.63) is 77.0 Å². The Balaban J connectivity index is 1.99. The molecule has 0 saturated carbocycles. The zero-order valence-electron chi connectivity index (χ0n) is 16.1. The molecule has 5 rings (SSSR count). The molecule has 0 saturated heterocycles. The Morgan fingerprint density at radius 1 is 1.04 bits per heavy atom. The Hall–Kier alpha value is -2.41. The predicted octanol–water partition coefficient (Wildman–Crippen LogP) is 5.36. The average Bonchev–Trinajstić information content (AvgIpc) is 2.95. The standard InChI is InChI=1S/C25H26N/c1-5-17(3)25-15-18-9-8-14-26(4)24(18)22-16(2)12-13-20(23(22)25)19-10-6-7-11-21(19)25/h6-14,17H,5,15H2,1-4H3/q+1. The molecule has 2 aliphatic rings. The molecule has 0 radical (unpaired) electrons. The van der Waals surface area contributed by atoms with Crippen LogP contribution in [0.5, 0.6) is 0 Å². The minimum atomic E-state index is 0.101. The SMILES string of the molecule is CCC(C)C12Cc3ccc[n+](C)c3-c3c(C)ccc(c31)-c1ccccc12. The fraction of sp³-hybridized carbons (Fsp3) is 0.320. The molecule has 26 heavy (non-hydrogen) atoms. The topological polar surface area (TPSA) is 3.88 Å². The van der Waals surface area contributed by atoms with Crippen LogP contribution in [0.3, 0.4) is 0 Å². The lowest BCUT2D eigenvalue weighted by atomic mass is 9.60. The van der Waals surface area contributed by atoms with E-state index in [9.17, 15) is 0 Å². The second-order valence-corrected chi connectivity index (χ2v) is 8.18. The number of benzene rings is 2. The number of rotatable bonds is 2. The molecular formula is C25H26N+. The third-order valence-electron chi connectivity index (χ3n) is 6.98. The molecule has 0 aliphatic heterocycles. The summed E-state index contributed by atoms with van der Waals surface area (Å²) in [6.07, 6.45) is 4.48. The highest BCUT2D eigenvalue weighted by Gasteiger charge is 2.52. The summed E-state index contributed by atoms with van der Waals surface area (Å²) >= 11 is 0. The minimum Gasteiger partial charge on any atom is -0.201 e. The van der Waals surface area contributed by atoms with Crippen LogP contribution >= 0.6 is 0 Å². The highest BCUT2D eigenvalue weighted by atomic mass is 14.9. The van der Waals surface area contributed by atoms with Crippen molar-refractivity contribution >= 4 is 0 Å². The summed E-state index contributed by atoms with van der Waals surface area (Å²) in [4.78, 5) is 0. The predicted molar refractivity (Wildman–Crippen MR) is 107 cm³/mol. The molecule has 0 N–H and O–H groups in total. The number of pyridine rings is 1. The molecule has 1 heterocycles. The molecule has 2 atom stereocenters. The van der Waals surface area contributed by atoms with Gasteiger partial charge in [0.05, 0.1) is 5.56 Å². The van der Waals surface area contributed by atoms with Crippen LogP contribution in [-0.2, 0) is 18.9 Å². The largest absolute Gasteiger partial charge is 0.216 e. The van der Waals surface area contributed by atoms with Crippen LogP contribution in [0.15, 0.2) is 54.7 Å². The molecule has 1 nitrogen and oxygen atoms in total. The number of nitrogens with zero attached hydrogens (tertiary/aromatic N) is 1. The van der Waals surface area contributed by atoms with E-state index in [2.05, 4.69) is 87.1 Å². The van der Waals surface area contributed by atoms with Gasteiger partial charge in [0.25, 0.3) is 0 Å². The van der Waals surface area contributed by atoms with Crippen molar-refractivity contribution in [2.24, 2.45) is 13.0 Å². The first-order chi connectivity index (χ1) is 12.6. The molecule has 1 aromatic heterocycles. The maximum Gasteiger partial charge on any atom is 0.216 e. The van der Waals surface area contributed by atoms with E-state index in [1.807, 2.05) is 0 Å². The first-order valence-corrected chi connectivity index (χ1v) is 9.81. The fourth-order valence-electron chi connectivity index (χ4n) is 5.61. The molecule has 130 valence electrons. The molecule has 0 amide bonds. The van der Waals surface area contributed by atoms with Gasteiger partial charge < -0.3 is 0 Å². The van der Waals surface area contributed by atoms with Gasteiger partial charge in [-0.25, -0.2) is 4.57 Å². The summed E-state index contributed by atoms with van der Waals surface area (Å²) in [5.41, 5.74) is 11.9. The molecular weight excluding hydrogens is 314 g/mol. The van der Waals surface area contributed by atoms with Gasteiger partial charge in [0, 0.05) is 17.0 Å². The summed E-state index contributed by atoms with van der Waals surface area (Å²) in [5, 5.41) is 0. The van der Waals surface area contributed by atoms with Gasteiger partial charge in [0.1, 0.15) is 7.05 Å². The van der Waals surface area contributed by atoms with Crippen LogP contribution in [0.4, 0.5) is 0 Å². The highest BCUT2D eigenvalue weighted by Crippen LogP contribution is 2.60. The second-order valence-electron chi connectivity index (χ2n) is 8.18. The number of fused-ring (bicyclic) bond motifs is 5. The molecule has 0 fully saturated rings. The molecule has 1 heteroatoms. The van der Waals surface area contributed by atoms with Gasteiger partial charge in [-0.05, 0) is 53.1 Å². The molecule has 0 bridgehead atoms. The minimum absolute atomic E-state index is 0.101. The van der Waals surface area contributed by atoms with Crippen LogP contribution < -0.4 is 4.57 Å². The molecule has 2 unspecified atom stereocenters. The van der Waals surface area contributed by atoms with E-state index in [0.29, 0.717) is 5.92 Å². The van der Waals surface area contributed by atoms with Crippen LogP contribution in [0.2, 0.25) is 0 Å². The van der Waals surface area contributed by atoms with Crippen molar-refractivity contribution in [3.63, 3.8) is 0 Å². The van der Waals surface area contributed by atoms with Gasteiger partial charge in [-0.1, -0.05) is 56.7 Å². The normalized spacial score (nSPS) is 20.3. The Labute approximate surface area is 156 Å². The van der Waals surface area contributed by atoms with Crippen molar-refractivity contribution < 1.29 is 4.57 Å². The number of hydrogen-bond donors (Lipinski definition) is 0. The lowest BCUT2D eigenvalue weighted by molar-refractivity contribution is -0.661. The zero-order valence-corrected chi connectivity index (χ0v) is 16.1. The third-order valence-corrected chi connectivity index (χ3v) is 6.98. The fourth-order valence-corrected chi connectivity index (χ4v) is 5.61. The van der Waals surface area contributed by atoms with Gasteiger partial charge in [-0.15, -0.1) is 0 Å². The van der Waals surface area contributed by atoms with E-state index in [0.717, 1.165) is 6.42 Å². The third kappa shape index (κ3) is 1.74. The first-order valence-electron chi connectivity index (χ1n) is 9.81. The van der Waals surface area contributed by atoms with E-state index in [1.54, 1.807) is 5.56 Å². The molecule has 2 aliphatic carbocycles. The molecule has 3 aromatic rings. The second kappa shape index (κ2) is 5.30. The van der Waals surface area contributed by atoms with Crippen molar-refractivity contribution in [3.8, 4) is 22.4 Å². The lowest BCUT2D eigenvalue weighted by Gasteiger charge is -2.41. The maximum atomic E-state index is 2.45. The molecule has 0 spiro atoms. The van der Waals surface area contributed by atoms with E-state index < -0.39 is 0 Å². The van der Waals surface area contributed by atoms with Crippen LogP contribution in [0.25, 0.3) is 22.4 Å². The first kappa shape index (κ1) is 15.8. The Bertz CT molecular complexity index is 1050. The quantitative estimate of drug-likeness (QED) is 0.553. The Morgan fingerprint density at radius 2 is 1.85 bits per heavy atom. The summed E-state index contributed by atoms with van der Waals surface area (Å²) < 4.78 is 2.32. The maximum absolute atomic E-state index is 2.45. The monoisotopic (exact) mass is 340 g/mol. The van der Waals surface area contributed by atoms with E-state index in [-0.39, 0.29) is 5.41 Å². The van der Waals surface area contributed by atoms with Crippen molar-refractivity contribution in [1.29, 1.82) is 0 Å². The zero-order chi connectivity index (χ0) is 18.1. The summed E-state index contributed by atoms with van der Waals surface area (Å²) in [7, 11) is 2.19. The van der Waals surface area contributed by atoms with Crippen molar-refractivity contribution in [1.82, 2.24) is 0 Å². The Morgan fingerprint density at radius 3 is 2.65 bits per heavy atom. The average molecular weight is 340 g/mol. The van der Waals surface area contributed by atoms with Crippen LogP contribution in [0.1, 0.15) is 42.5 Å². The highest BCUT2D eigenvalue weighted by molar-refractivity contribution is 5.91. The van der Waals surface area contributed by atoms with Crippen molar-refractivity contribution in [2.75, 3.05) is 0 Å². The number of hydrogen-bond acceptors (Lipinski definition) is 0. The lowest BCUT2D eigenvalue weighted by Crippen LogP contribution is -2.42. The smallest absolute Gasteiger partial charge is 0.201 e. The van der Waals surface area contributed by atoms with Gasteiger partial charge >= 0.3 is 0 Å². The Kier molecular flexibility index (Phi) is 3.22. The van der Waals surface area contributed by atoms with Crippen LogP contribution in [-0.4, -0.2) is 0 Å². The van der Waals surface area contributed by atoms with E-state index >= 15 is 0 Å². The van der Waals surface area contributed by atoms with Gasteiger partial charge in [-0.3, -0.25) is 0 Å². The van der Waals surface area contributed by atoms with Gasteiger partial charge in [0.15, 0.2) is 6.20 Å². The summed E-state index contributed by atoms with van der Waals surface area (Å²) in [5.74, 6) is 0.601. The number of aryl methyl sites for hydroxylation is 2. The van der Waals surface area contributed by atoms with Crippen molar-refractivity contribution in [2.45, 2.75) is 39.0 Å². The number of aromatic nitrogens is 1. The van der Waals surface area contributed by atoms with Gasteiger partial charge in [0.2, 0.25) is 5.69 Å².